The van der Waals surface area contributed by atoms with Crippen LogP contribution in [0.15, 0.2) is 42.7 Å². The van der Waals surface area contributed by atoms with Crippen LogP contribution in [0.25, 0.3) is 0 Å². The van der Waals surface area contributed by atoms with Gasteiger partial charge in [0.2, 0.25) is 11.8 Å². The third-order valence-electron chi connectivity index (χ3n) is 5.04. The van der Waals surface area contributed by atoms with Crippen molar-refractivity contribution in [1.82, 2.24) is 14.9 Å². The minimum Gasteiger partial charge on any atom is -0.471 e. The van der Waals surface area contributed by atoms with E-state index in [2.05, 4.69) is 9.97 Å². The normalized spacial score (nSPS) is 25.6. The number of rotatable bonds is 5. The Balaban J connectivity index is 1.38. The Bertz CT molecular complexity index is 689. The van der Waals surface area contributed by atoms with Crippen LogP contribution in [0, 0.1) is 0 Å². The molecule has 6 nitrogen and oxygen atoms in total. The number of nitrogens with zero attached hydrogens (tertiary/aromatic N) is 2. The molecule has 1 aliphatic carbocycles. The molecule has 6 heteroatoms. The second-order valence-corrected chi connectivity index (χ2v) is 6.59. The highest BCUT2D eigenvalue weighted by molar-refractivity contribution is 5.77. The summed E-state index contributed by atoms with van der Waals surface area (Å²) in [6, 6.07) is 9.72. The summed E-state index contributed by atoms with van der Waals surface area (Å²) < 4.78 is 12.0. The van der Waals surface area contributed by atoms with Crippen LogP contribution in [0.2, 0.25) is 0 Å². The molecule has 2 fully saturated rings. The first-order valence-corrected chi connectivity index (χ1v) is 8.92. The highest BCUT2D eigenvalue weighted by atomic mass is 16.5. The standard InChI is InChI=1S/C19H23N3O3/c23-18(9-6-14-4-3-11-20-14)22-12-13-24-19-15(22)7-8-16(19)25-17-5-1-2-10-21-17/h1-5,10-11,15-16,19-20H,6-9,12-13H2/t15-,16-,19+/m0/s1. The molecular weight excluding hydrogens is 318 g/mol. The van der Waals surface area contributed by atoms with Crippen LogP contribution in [0.4, 0.5) is 0 Å². The summed E-state index contributed by atoms with van der Waals surface area (Å²) in [6.45, 7) is 1.23. The molecule has 4 rings (SSSR count). The monoisotopic (exact) mass is 341 g/mol. The third-order valence-corrected chi connectivity index (χ3v) is 5.04. The number of hydrogen-bond acceptors (Lipinski definition) is 4. The van der Waals surface area contributed by atoms with Crippen LogP contribution in [0.1, 0.15) is 25.0 Å². The Labute approximate surface area is 147 Å². The number of carbonyl (C=O) groups is 1. The van der Waals surface area contributed by atoms with Crippen molar-refractivity contribution in [1.29, 1.82) is 0 Å². The molecule has 1 saturated heterocycles. The van der Waals surface area contributed by atoms with Gasteiger partial charge in [-0.3, -0.25) is 4.79 Å². The van der Waals surface area contributed by atoms with Crippen molar-refractivity contribution in [2.45, 2.75) is 43.9 Å². The van der Waals surface area contributed by atoms with Crippen LogP contribution >= 0.6 is 0 Å². The predicted molar refractivity (Wildman–Crippen MR) is 92.2 cm³/mol. The molecule has 0 spiro atoms. The van der Waals surface area contributed by atoms with Crippen LogP contribution in [0.5, 0.6) is 5.88 Å². The van der Waals surface area contributed by atoms with Gasteiger partial charge in [-0.15, -0.1) is 0 Å². The lowest BCUT2D eigenvalue weighted by Gasteiger charge is -2.39. The lowest BCUT2D eigenvalue weighted by atomic mass is 10.1. The summed E-state index contributed by atoms with van der Waals surface area (Å²) in [5.41, 5.74) is 1.10. The molecule has 132 valence electrons. The number of aromatic amines is 1. The van der Waals surface area contributed by atoms with Crippen molar-refractivity contribution in [3.05, 3.63) is 48.4 Å². The number of pyridine rings is 1. The first-order valence-electron chi connectivity index (χ1n) is 8.92. The second-order valence-electron chi connectivity index (χ2n) is 6.59. The van der Waals surface area contributed by atoms with Gasteiger partial charge >= 0.3 is 0 Å². The molecule has 2 aliphatic rings. The third kappa shape index (κ3) is 3.54. The fourth-order valence-electron chi connectivity index (χ4n) is 3.83. The largest absolute Gasteiger partial charge is 0.471 e. The summed E-state index contributed by atoms with van der Waals surface area (Å²) in [7, 11) is 0. The molecule has 0 aromatic carbocycles. The van der Waals surface area contributed by atoms with Gasteiger partial charge in [-0.05, 0) is 37.5 Å². The van der Waals surface area contributed by atoms with E-state index >= 15 is 0 Å². The summed E-state index contributed by atoms with van der Waals surface area (Å²) in [6.07, 6.45) is 6.57. The second kappa shape index (κ2) is 7.27. The number of nitrogens with one attached hydrogen (secondary N) is 1. The fourth-order valence-corrected chi connectivity index (χ4v) is 3.83. The Hall–Kier alpha value is -2.34. The maximum absolute atomic E-state index is 12.7. The van der Waals surface area contributed by atoms with E-state index in [1.165, 1.54) is 0 Å². The summed E-state index contributed by atoms with van der Waals surface area (Å²) in [5.74, 6) is 0.818. The van der Waals surface area contributed by atoms with E-state index in [9.17, 15) is 4.79 Å². The SMILES string of the molecule is O=C(CCc1ccc[nH]1)N1CCO[C@H]2[C@@H](Oc3ccccn3)CC[C@@H]21. The smallest absolute Gasteiger partial charge is 0.223 e. The number of fused-ring (bicyclic) bond motifs is 1. The topological polar surface area (TPSA) is 67.5 Å². The van der Waals surface area contributed by atoms with Gasteiger partial charge in [-0.1, -0.05) is 6.07 Å². The van der Waals surface area contributed by atoms with Gasteiger partial charge in [0.15, 0.2) is 0 Å². The van der Waals surface area contributed by atoms with E-state index in [-0.39, 0.29) is 24.2 Å². The van der Waals surface area contributed by atoms with E-state index in [1.54, 1.807) is 6.20 Å². The number of carbonyl (C=O) groups excluding carboxylic acids is 1. The van der Waals surface area contributed by atoms with Crippen molar-refractivity contribution >= 4 is 5.91 Å². The van der Waals surface area contributed by atoms with Gasteiger partial charge < -0.3 is 19.4 Å². The van der Waals surface area contributed by atoms with Crippen LogP contribution in [-0.2, 0) is 16.0 Å². The zero-order valence-electron chi connectivity index (χ0n) is 14.1. The molecule has 25 heavy (non-hydrogen) atoms. The average molecular weight is 341 g/mol. The highest BCUT2D eigenvalue weighted by Gasteiger charge is 2.45. The first-order chi connectivity index (χ1) is 12.3. The van der Waals surface area contributed by atoms with E-state index in [4.69, 9.17) is 9.47 Å². The van der Waals surface area contributed by atoms with Gasteiger partial charge in [0.25, 0.3) is 0 Å². The van der Waals surface area contributed by atoms with Crippen molar-refractivity contribution in [2.24, 2.45) is 0 Å². The Morgan fingerprint density at radius 2 is 2.28 bits per heavy atom. The Morgan fingerprint density at radius 3 is 3.08 bits per heavy atom. The Kier molecular flexibility index (Phi) is 4.70. The van der Waals surface area contributed by atoms with Crippen LogP contribution in [-0.4, -0.2) is 52.2 Å². The first kappa shape index (κ1) is 16.1. The minimum absolute atomic E-state index is 0.0427. The fraction of sp³-hybridized carbons (Fsp3) is 0.474. The molecule has 1 N–H and O–H groups in total. The van der Waals surface area contributed by atoms with Crippen LogP contribution in [0.3, 0.4) is 0 Å². The van der Waals surface area contributed by atoms with Gasteiger partial charge in [-0.2, -0.15) is 0 Å². The Morgan fingerprint density at radius 1 is 1.32 bits per heavy atom. The number of ether oxygens (including phenoxy) is 2. The van der Waals surface area contributed by atoms with E-state index in [1.807, 2.05) is 41.4 Å². The lowest BCUT2D eigenvalue weighted by molar-refractivity contribution is -0.147. The zero-order valence-corrected chi connectivity index (χ0v) is 14.1. The van der Waals surface area contributed by atoms with Crippen molar-refractivity contribution < 1.29 is 14.3 Å². The van der Waals surface area contributed by atoms with Crippen molar-refractivity contribution in [3.63, 3.8) is 0 Å². The molecule has 1 saturated carbocycles. The number of hydrogen-bond donors (Lipinski definition) is 1. The molecule has 0 bridgehead atoms. The summed E-state index contributed by atoms with van der Waals surface area (Å²) in [5, 5.41) is 0. The average Bonchev–Trinajstić information content (AvgIpc) is 3.31. The molecule has 3 atom stereocenters. The molecule has 3 heterocycles. The number of amides is 1. The molecule has 1 amide bonds. The zero-order chi connectivity index (χ0) is 17.1. The maximum atomic E-state index is 12.7. The van der Waals surface area contributed by atoms with Gasteiger partial charge in [0.05, 0.1) is 12.6 Å². The molecule has 1 aliphatic heterocycles. The molecule has 2 aromatic heterocycles. The lowest BCUT2D eigenvalue weighted by Crippen LogP contribution is -2.54. The number of H-pyrrole nitrogens is 1. The quantitative estimate of drug-likeness (QED) is 0.905. The number of aryl methyl sites for hydroxylation is 1. The highest BCUT2D eigenvalue weighted by Crippen LogP contribution is 2.33. The van der Waals surface area contributed by atoms with E-state index in [0.29, 0.717) is 25.5 Å². The van der Waals surface area contributed by atoms with Gasteiger partial charge in [0.1, 0.15) is 12.2 Å². The molecule has 0 unspecified atom stereocenters. The van der Waals surface area contributed by atoms with Gasteiger partial charge in [0, 0.05) is 37.1 Å². The summed E-state index contributed by atoms with van der Waals surface area (Å²) in [4.78, 5) is 22.1. The maximum Gasteiger partial charge on any atom is 0.223 e. The molecule has 2 aromatic rings. The van der Waals surface area contributed by atoms with E-state index in [0.717, 1.165) is 25.0 Å². The molecule has 0 radical (unpaired) electrons. The molecular formula is C19H23N3O3. The van der Waals surface area contributed by atoms with Crippen molar-refractivity contribution in [3.8, 4) is 5.88 Å². The predicted octanol–water partition coefficient (Wildman–Crippen LogP) is 2.18. The number of morpholine rings is 1. The van der Waals surface area contributed by atoms with Gasteiger partial charge in [-0.25, -0.2) is 4.98 Å². The number of aromatic nitrogens is 2. The van der Waals surface area contributed by atoms with Crippen LogP contribution < -0.4 is 4.74 Å². The minimum atomic E-state index is -0.0646. The van der Waals surface area contributed by atoms with Crippen molar-refractivity contribution in [2.75, 3.05) is 13.2 Å². The van der Waals surface area contributed by atoms with E-state index < -0.39 is 0 Å². The summed E-state index contributed by atoms with van der Waals surface area (Å²) >= 11 is 0.